The van der Waals surface area contributed by atoms with Crippen molar-refractivity contribution in [2.75, 3.05) is 19.6 Å². The second kappa shape index (κ2) is 6.19. The first-order chi connectivity index (χ1) is 9.11. The monoisotopic (exact) mass is 265 g/mol. The Morgan fingerprint density at radius 1 is 1.47 bits per heavy atom. The van der Waals surface area contributed by atoms with E-state index in [1.807, 2.05) is 18.7 Å². The number of carbonyl (C=O) groups excluding carboxylic acids is 1. The number of hydrogen-bond acceptors (Lipinski definition) is 4. The minimum absolute atomic E-state index is 0.0482. The van der Waals surface area contributed by atoms with Crippen molar-refractivity contribution < 1.29 is 9.21 Å². The summed E-state index contributed by atoms with van der Waals surface area (Å²) in [6, 6.07) is 0.405. The van der Waals surface area contributed by atoms with Gasteiger partial charge in [-0.1, -0.05) is 6.42 Å². The van der Waals surface area contributed by atoms with Gasteiger partial charge in [-0.25, -0.2) is 4.98 Å². The van der Waals surface area contributed by atoms with Crippen molar-refractivity contribution in [2.24, 2.45) is 0 Å². The first-order valence-electron chi connectivity index (χ1n) is 7.08. The molecule has 2 heterocycles. The summed E-state index contributed by atoms with van der Waals surface area (Å²) in [4.78, 5) is 18.5. The first kappa shape index (κ1) is 14.1. The molecule has 0 saturated carbocycles. The average molecular weight is 265 g/mol. The van der Waals surface area contributed by atoms with Crippen LogP contribution in [0.1, 0.15) is 48.3 Å². The molecule has 5 heteroatoms. The van der Waals surface area contributed by atoms with Crippen LogP contribution < -0.4 is 5.32 Å². The molecule has 19 heavy (non-hydrogen) atoms. The molecule has 0 radical (unpaired) electrons. The van der Waals surface area contributed by atoms with Crippen LogP contribution in [-0.2, 0) is 0 Å². The Morgan fingerprint density at radius 2 is 2.26 bits per heavy atom. The van der Waals surface area contributed by atoms with Crippen LogP contribution in [0.5, 0.6) is 0 Å². The number of amides is 1. The molecule has 1 aliphatic rings. The van der Waals surface area contributed by atoms with Crippen molar-refractivity contribution in [2.45, 2.75) is 46.1 Å². The zero-order valence-corrected chi connectivity index (χ0v) is 12.0. The highest BCUT2D eigenvalue weighted by molar-refractivity contribution is 5.92. The number of hydrogen-bond donors (Lipinski definition) is 1. The normalized spacial score (nSPS) is 19.4. The summed E-state index contributed by atoms with van der Waals surface area (Å²) in [6.45, 7) is 8.07. The number of carbonyl (C=O) groups is 1. The number of aromatic nitrogens is 1. The summed E-state index contributed by atoms with van der Waals surface area (Å²) < 4.78 is 5.43. The Labute approximate surface area is 114 Å². The molecule has 1 saturated heterocycles. The molecule has 0 aliphatic carbocycles. The van der Waals surface area contributed by atoms with Crippen LogP contribution in [0.15, 0.2) is 4.42 Å². The Kier molecular flexibility index (Phi) is 4.58. The number of nitrogens with one attached hydrogen (secondary N) is 1. The largest absolute Gasteiger partial charge is 0.436 e. The molecule has 1 N–H and O–H groups in total. The highest BCUT2D eigenvalue weighted by Gasteiger charge is 2.24. The van der Waals surface area contributed by atoms with E-state index in [4.69, 9.17) is 4.42 Å². The zero-order chi connectivity index (χ0) is 13.8. The maximum atomic E-state index is 12.4. The van der Waals surface area contributed by atoms with Gasteiger partial charge in [0.1, 0.15) is 0 Å². The Morgan fingerprint density at radius 3 is 2.79 bits per heavy atom. The van der Waals surface area contributed by atoms with E-state index >= 15 is 0 Å². The van der Waals surface area contributed by atoms with Crippen LogP contribution >= 0.6 is 0 Å². The predicted molar refractivity (Wildman–Crippen MR) is 73.2 cm³/mol. The van der Waals surface area contributed by atoms with Crippen LogP contribution in [0, 0.1) is 13.8 Å². The summed E-state index contributed by atoms with van der Waals surface area (Å²) >= 11 is 0. The van der Waals surface area contributed by atoms with E-state index in [2.05, 4.69) is 10.3 Å². The van der Waals surface area contributed by atoms with Crippen molar-refractivity contribution in [3.05, 3.63) is 17.3 Å². The minimum atomic E-state index is -0.0482. The van der Waals surface area contributed by atoms with Crippen molar-refractivity contribution in [1.29, 1.82) is 0 Å². The summed E-state index contributed by atoms with van der Waals surface area (Å²) in [5.41, 5.74) is 0.678. The number of aryl methyl sites for hydroxylation is 2. The lowest BCUT2D eigenvalue weighted by Gasteiger charge is -2.29. The molecule has 1 unspecified atom stereocenters. The van der Waals surface area contributed by atoms with E-state index in [0.29, 0.717) is 29.9 Å². The molecule has 0 bridgehead atoms. The fourth-order valence-corrected chi connectivity index (χ4v) is 2.57. The van der Waals surface area contributed by atoms with Crippen molar-refractivity contribution in [3.8, 4) is 0 Å². The summed E-state index contributed by atoms with van der Waals surface area (Å²) in [5.74, 6) is 0.885. The minimum Gasteiger partial charge on any atom is -0.436 e. The van der Waals surface area contributed by atoms with Crippen LogP contribution in [0.25, 0.3) is 0 Å². The second-order valence-corrected chi connectivity index (χ2v) is 5.14. The van der Waals surface area contributed by atoms with Gasteiger partial charge in [0.05, 0.1) is 5.69 Å². The van der Waals surface area contributed by atoms with Crippen LogP contribution in [0.3, 0.4) is 0 Å². The molecular formula is C14H23N3O2. The van der Waals surface area contributed by atoms with Crippen LogP contribution in [0.4, 0.5) is 0 Å². The van der Waals surface area contributed by atoms with Gasteiger partial charge < -0.3 is 14.6 Å². The van der Waals surface area contributed by atoms with E-state index < -0.39 is 0 Å². The third kappa shape index (κ3) is 3.35. The van der Waals surface area contributed by atoms with Gasteiger partial charge in [0.2, 0.25) is 5.76 Å². The molecular weight excluding hydrogens is 242 g/mol. The Hall–Kier alpha value is -1.36. The standard InChI is InChI=1S/C14H23N3O2/c1-4-17(9-12-7-5-6-8-15-12)14(18)13-10(2)16-11(3)19-13/h12,15H,4-9H2,1-3H3. The van der Waals surface area contributed by atoms with Crippen molar-refractivity contribution in [3.63, 3.8) is 0 Å². The van der Waals surface area contributed by atoms with E-state index in [-0.39, 0.29) is 5.91 Å². The topological polar surface area (TPSA) is 58.4 Å². The van der Waals surface area contributed by atoms with E-state index in [9.17, 15) is 4.79 Å². The molecule has 1 aromatic heterocycles. The molecule has 1 aliphatic heterocycles. The molecule has 1 amide bonds. The SMILES string of the molecule is CCN(CC1CCCCN1)C(=O)c1oc(C)nc1C. The van der Waals surface area contributed by atoms with Gasteiger partial charge in [0, 0.05) is 26.1 Å². The van der Waals surface area contributed by atoms with Gasteiger partial charge >= 0.3 is 0 Å². The Balaban J connectivity index is 2.04. The number of nitrogens with zero attached hydrogens (tertiary/aromatic N) is 2. The lowest BCUT2D eigenvalue weighted by molar-refractivity contribution is 0.0707. The molecule has 1 atom stereocenters. The second-order valence-electron chi connectivity index (χ2n) is 5.14. The smallest absolute Gasteiger partial charge is 0.291 e. The fraction of sp³-hybridized carbons (Fsp3) is 0.714. The molecule has 1 aromatic rings. The summed E-state index contributed by atoms with van der Waals surface area (Å²) in [5, 5.41) is 3.47. The number of oxazole rings is 1. The number of piperidine rings is 1. The average Bonchev–Trinajstić information content (AvgIpc) is 2.75. The lowest BCUT2D eigenvalue weighted by Crippen LogP contribution is -2.45. The maximum absolute atomic E-state index is 12.4. The fourth-order valence-electron chi connectivity index (χ4n) is 2.57. The highest BCUT2D eigenvalue weighted by atomic mass is 16.4. The number of likely N-dealkylation sites (N-methyl/N-ethyl adjacent to an activating group) is 1. The van der Waals surface area contributed by atoms with Gasteiger partial charge in [0.15, 0.2) is 5.89 Å². The van der Waals surface area contributed by atoms with Crippen LogP contribution in [0.2, 0.25) is 0 Å². The molecule has 1 fully saturated rings. The molecule has 5 nitrogen and oxygen atoms in total. The van der Waals surface area contributed by atoms with Gasteiger partial charge in [-0.2, -0.15) is 0 Å². The third-order valence-corrected chi connectivity index (χ3v) is 3.62. The van der Waals surface area contributed by atoms with E-state index in [0.717, 1.165) is 19.5 Å². The maximum Gasteiger partial charge on any atom is 0.291 e. The van der Waals surface area contributed by atoms with Gasteiger partial charge in [-0.05, 0) is 33.2 Å². The third-order valence-electron chi connectivity index (χ3n) is 3.62. The van der Waals surface area contributed by atoms with Crippen molar-refractivity contribution >= 4 is 5.91 Å². The molecule has 0 aromatic carbocycles. The van der Waals surface area contributed by atoms with Gasteiger partial charge in [-0.15, -0.1) is 0 Å². The summed E-state index contributed by atoms with van der Waals surface area (Å²) in [6.07, 6.45) is 3.61. The quantitative estimate of drug-likeness (QED) is 0.903. The van der Waals surface area contributed by atoms with Gasteiger partial charge in [0.25, 0.3) is 5.91 Å². The highest BCUT2D eigenvalue weighted by Crippen LogP contribution is 2.14. The van der Waals surface area contributed by atoms with Crippen molar-refractivity contribution in [1.82, 2.24) is 15.2 Å². The van der Waals surface area contributed by atoms with E-state index in [1.165, 1.54) is 12.8 Å². The first-order valence-corrected chi connectivity index (χ1v) is 7.08. The Bertz CT molecular complexity index is 436. The molecule has 0 spiro atoms. The number of rotatable bonds is 4. The lowest BCUT2D eigenvalue weighted by atomic mass is 10.0. The molecule has 106 valence electrons. The predicted octanol–water partition coefficient (Wildman–Crippen LogP) is 1.90. The molecule has 2 rings (SSSR count). The van der Waals surface area contributed by atoms with Crippen LogP contribution in [-0.4, -0.2) is 41.5 Å². The van der Waals surface area contributed by atoms with E-state index in [1.54, 1.807) is 6.92 Å². The van der Waals surface area contributed by atoms with Gasteiger partial charge in [-0.3, -0.25) is 4.79 Å². The zero-order valence-electron chi connectivity index (χ0n) is 12.0. The summed E-state index contributed by atoms with van der Waals surface area (Å²) in [7, 11) is 0.